The maximum absolute atomic E-state index is 13.0. The first kappa shape index (κ1) is 20.1. The molecule has 31 heavy (non-hydrogen) atoms. The number of carbonyl (C=O) groups is 3. The van der Waals surface area contributed by atoms with Crippen LogP contribution in [-0.2, 0) is 23.9 Å². The first-order valence-corrected chi connectivity index (χ1v) is 12.2. The van der Waals surface area contributed by atoms with E-state index in [0.29, 0.717) is 24.9 Å². The van der Waals surface area contributed by atoms with Crippen molar-refractivity contribution in [2.24, 2.45) is 34.0 Å². The van der Waals surface area contributed by atoms with Crippen LogP contribution in [0.1, 0.15) is 78.6 Å². The molecule has 0 N–H and O–H groups in total. The molecule has 0 aromatic rings. The molecule has 8 unspecified atom stereocenters. The molecule has 2 aliphatic heterocycles. The summed E-state index contributed by atoms with van der Waals surface area (Å²) < 4.78 is 12.5. The van der Waals surface area contributed by atoms with Crippen LogP contribution >= 0.6 is 0 Å². The van der Waals surface area contributed by atoms with Crippen molar-refractivity contribution >= 4 is 17.5 Å². The van der Waals surface area contributed by atoms with Gasteiger partial charge in [0.1, 0.15) is 5.60 Å². The second-order valence-corrected chi connectivity index (χ2v) is 12.3. The highest BCUT2D eigenvalue weighted by atomic mass is 16.5. The van der Waals surface area contributed by atoms with E-state index in [9.17, 15) is 14.4 Å². The largest absolute Gasteiger partial charge is 0.465 e. The Labute approximate surface area is 184 Å². The molecule has 2 saturated heterocycles. The fourth-order valence-corrected chi connectivity index (χ4v) is 9.69. The number of cyclic esters (lactones) is 1. The van der Waals surface area contributed by atoms with Gasteiger partial charge >= 0.3 is 5.97 Å². The Hall–Kier alpha value is -1.49. The number of fused-ring (bicyclic) bond motifs is 3. The molecule has 5 fully saturated rings. The molecule has 1 spiro atoms. The Morgan fingerprint density at radius 1 is 0.903 bits per heavy atom. The zero-order valence-electron chi connectivity index (χ0n) is 19.0. The molecule has 0 aromatic carbocycles. The van der Waals surface area contributed by atoms with Gasteiger partial charge in [-0.05, 0) is 94.1 Å². The zero-order chi connectivity index (χ0) is 21.9. The molecule has 0 radical (unpaired) electrons. The molecule has 5 heteroatoms. The molecule has 0 aromatic heterocycles. The van der Waals surface area contributed by atoms with Crippen molar-refractivity contribution in [3.63, 3.8) is 0 Å². The molecule has 6 aliphatic rings. The molecule has 3 saturated carbocycles. The van der Waals surface area contributed by atoms with Gasteiger partial charge < -0.3 is 9.47 Å². The van der Waals surface area contributed by atoms with Crippen molar-refractivity contribution < 1.29 is 23.9 Å². The SMILES string of the molecule is CC12CCC3C(C)(CCC4C5(C)CCCC43COC5=O)C1CC1(CC(=O)C=CC1=O)O2. The smallest absolute Gasteiger partial charge is 0.312 e. The molecular formula is C26H34O5. The first-order valence-electron chi connectivity index (χ1n) is 12.2. The van der Waals surface area contributed by atoms with Crippen molar-refractivity contribution in [2.45, 2.75) is 89.8 Å². The van der Waals surface area contributed by atoms with E-state index in [1.807, 2.05) is 0 Å². The summed E-state index contributed by atoms with van der Waals surface area (Å²) >= 11 is 0. The zero-order valence-corrected chi connectivity index (χ0v) is 19.0. The summed E-state index contributed by atoms with van der Waals surface area (Å²) in [5.41, 5.74) is -1.61. The first-order chi connectivity index (χ1) is 14.6. The third-order valence-electron chi connectivity index (χ3n) is 11.0. The summed E-state index contributed by atoms with van der Waals surface area (Å²) in [7, 11) is 0. The van der Waals surface area contributed by atoms with Crippen LogP contribution in [0.5, 0.6) is 0 Å². The standard InChI is InChI=1S/C26H34O5/c1-22-11-7-18-23(2)9-4-10-25(18,15-30-21(23)29)17(22)8-12-24(3)19(22)14-26(31-24)13-16(27)5-6-20(26)28/h5-6,17-19H,4,7-15H2,1-3H3. The predicted molar refractivity (Wildman–Crippen MR) is 113 cm³/mol. The summed E-state index contributed by atoms with van der Waals surface area (Å²) in [4.78, 5) is 38.0. The van der Waals surface area contributed by atoms with E-state index >= 15 is 0 Å². The lowest BCUT2D eigenvalue weighted by molar-refractivity contribution is -0.252. The molecule has 0 amide bonds. The molecule has 5 nitrogen and oxygen atoms in total. The predicted octanol–water partition coefficient (Wildman–Crippen LogP) is 4.18. The van der Waals surface area contributed by atoms with Crippen LogP contribution in [0.2, 0.25) is 0 Å². The average Bonchev–Trinajstić information content (AvgIpc) is 3.02. The second-order valence-electron chi connectivity index (χ2n) is 12.3. The summed E-state index contributed by atoms with van der Waals surface area (Å²) in [5.74, 6) is 1.07. The lowest BCUT2D eigenvalue weighted by Crippen LogP contribution is -2.67. The third-order valence-corrected chi connectivity index (χ3v) is 11.0. The van der Waals surface area contributed by atoms with E-state index in [1.165, 1.54) is 12.2 Å². The Balaban J connectivity index is 1.41. The highest BCUT2D eigenvalue weighted by Crippen LogP contribution is 2.73. The normalized spacial score (nSPS) is 55.5. The van der Waals surface area contributed by atoms with Crippen molar-refractivity contribution in [2.75, 3.05) is 6.61 Å². The van der Waals surface area contributed by atoms with Crippen LogP contribution in [-0.4, -0.2) is 35.3 Å². The summed E-state index contributed by atoms with van der Waals surface area (Å²) in [6.07, 6.45) is 10.9. The quantitative estimate of drug-likeness (QED) is 0.544. The molecule has 2 bridgehead atoms. The van der Waals surface area contributed by atoms with E-state index in [-0.39, 0.29) is 51.7 Å². The van der Waals surface area contributed by atoms with Gasteiger partial charge in [-0.25, -0.2) is 0 Å². The van der Waals surface area contributed by atoms with Crippen molar-refractivity contribution in [3.05, 3.63) is 12.2 Å². The lowest BCUT2D eigenvalue weighted by Gasteiger charge is -2.68. The number of allylic oxidation sites excluding steroid dienone is 1. The Morgan fingerprint density at radius 3 is 2.48 bits per heavy atom. The summed E-state index contributed by atoms with van der Waals surface area (Å²) in [6.45, 7) is 7.30. The highest BCUT2D eigenvalue weighted by Gasteiger charge is 2.73. The average molecular weight is 427 g/mol. The summed E-state index contributed by atoms with van der Waals surface area (Å²) in [5, 5.41) is 0. The fraction of sp³-hybridized carbons (Fsp3) is 0.808. The van der Waals surface area contributed by atoms with Gasteiger partial charge in [0.2, 0.25) is 0 Å². The van der Waals surface area contributed by atoms with Crippen LogP contribution in [0.4, 0.5) is 0 Å². The number of rotatable bonds is 0. The second kappa shape index (κ2) is 5.89. The van der Waals surface area contributed by atoms with Crippen LogP contribution < -0.4 is 0 Å². The van der Waals surface area contributed by atoms with Crippen LogP contribution in [0.3, 0.4) is 0 Å². The molecule has 8 atom stereocenters. The summed E-state index contributed by atoms with van der Waals surface area (Å²) in [6, 6.07) is 0. The minimum absolute atomic E-state index is 0.00640. The van der Waals surface area contributed by atoms with Crippen LogP contribution in [0, 0.1) is 34.0 Å². The van der Waals surface area contributed by atoms with Crippen LogP contribution in [0.15, 0.2) is 12.2 Å². The minimum Gasteiger partial charge on any atom is -0.465 e. The van der Waals surface area contributed by atoms with Crippen molar-refractivity contribution in [1.29, 1.82) is 0 Å². The Bertz CT molecular complexity index is 923. The minimum atomic E-state index is -0.974. The van der Waals surface area contributed by atoms with Gasteiger partial charge in [-0.1, -0.05) is 13.3 Å². The van der Waals surface area contributed by atoms with Crippen molar-refractivity contribution in [3.8, 4) is 0 Å². The molecular weight excluding hydrogens is 392 g/mol. The van der Waals surface area contributed by atoms with Gasteiger partial charge in [-0.15, -0.1) is 0 Å². The van der Waals surface area contributed by atoms with Gasteiger partial charge in [0, 0.05) is 11.8 Å². The van der Waals surface area contributed by atoms with E-state index in [2.05, 4.69) is 20.8 Å². The van der Waals surface area contributed by atoms with Crippen molar-refractivity contribution in [1.82, 2.24) is 0 Å². The third kappa shape index (κ3) is 2.29. The van der Waals surface area contributed by atoms with E-state index in [1.54, 1.807) is 0 Å². The van der Waals surface area contributed by atoms with E-state index in [4.69, 9.17) is 9.47 Å². The molecule has 4 aliphatic carbocycles. The van der Waals surface area contributed by atoms with Gasteiger partial charge in [0.05, 0.1) is 17.6 Å². The number of ketones is 2. The van der Waals surface area contributed by atoms with Gasteiger partial charge in [-0.3, -0.25) is 14.4 Å². The molecule has 6 rings (SSSR count). The molecule has 168 valence electrons. The Kier molecular flexibility index (Phi) is 3.83. The maximum Gasteiger partial charge on any atom is 0.312 e. The van der Waals surface area contributed by atoms with Gasteiger partial charge in [0.25, 0.3) is 0 Å². The number of esters is 1. The van der Waals surface area contributed by atoms with Crippen LogP contribution in [0.25, 0.3) is 0 Å². The van der Waals surface area contributed by atoms with E-state index < -0.39 is 5.60 Å². The number of hydrogen-bond acceptors (Lipinski definition) is 5. The van der Waals surface area contributed by atoms with Gasteiger partial charge in [-0.2, -0.15) is 0 Å². The number of hydrogen-bond donors (Lipinski definition) is 0. The highest BCUT2D eigenvalue weighted by molar-refractivity contribution is 6.09. The topological polar surface area (TPSA) is 69.7 Å². The number of ether oxygens (including phenoxy) is 2. The molecule has 2 heterocycles. The number of carbonyl (C=O) groups excluding carboxylic acids is 3. The van der Waals surface area contributed by atoms with E-state index in [0.717, 1.165) is 44.9 Å². The lowest BCUT2D eigenvalue weighted by atomic mass is 9.37. The fourth-order valence-electron chi connectivity index (χ4n) is 9.69. The maximum atomic E-state index is 13.0. The Morgan fingerprint density at radius 2 is 1.68 bits per heavy atom. The monoisotopic (exact) mass is 426 g/mol. The van der Waals surface area contributed by atoms with Gasteiger partial charge in [0.15, 0.2) is 11.6 Å².